The van der Waals surface area contributed by atoms with Crippen molar-refractivity contribution >= 4 is 104 Å². The monoisotopic (exact) mass is 2030 g/mol. The number of primary amides is 3. The van der Waals surface area contributed by atoms with Gasteiger partial charge in [0.15, 0.2) is 69.7 Å². The molecule has 147 heavy (non-hydrogen) atoms. The summed E-state index contributed by atoms with van der Waals surface area (Å²) in [7, 11) is 0. The molecule has 3 amide bonds. The lowest BCUT2D eigenvalue weighted by molar-refractivity contribution is -0.130. The summed E-state index contributed by atoms with van der Waals surface area (Å²) < 4.78 is 70.2. The molecule has 15 heterocycles. The fourth-order valence-electron chi connectivity index (χ4n) is 17.0. The van der Waals surface area contributed by atoms with E-state index in [1.807, 2.05) is 184 Å². The van der Waals surface area contributed by atoms with Crippen molar-refractivity contribution in [1.29, 1.82) is 0 Å². The fraction of sp³-hybridized carbons (Fsp3) is 0.308. The summed E-state index contributed by atoms with van der Waals surface area (Å²) in [6.07, 6.45) is 9.18. The number of rotatable bonds is 24. The van der Waals surface area contributed by atoms with E-state index in [9.17, 15) is 27.6 Å². The highest BCUT2D eigenvalue weighted by Gasteiger charge is 2.32. The number of aryl methyl sites for hydroxylation is 14. The van der Waals surface area contributed by atoms with Crippen molar-refractivity contribution in [2.45, 2.75) is 154 Å². The molecule has 3 aliphatic rings. The molecule has 3 aliphatic heterocycles. The van der Waals surface area contributed by atoms with E-state index >= 15 is 0 Å². The van der Waals surface area contributed by atoms with Crippen molar-refractivity contribution in [3.05, 3.63) is 300 Å². The Kier molecular flexibility index (Phi) is 32.2. The number of halogens is 5. The number of carbonyl (C=O) groups is 3. The molecule has 43 heteroatoms. The van der Waals surface area contributed by atoms with E-state index < -0.39 is 36.0 Å². The maximum atomic E-state index is 13.7. The smallest absolute Gasteiger partial charge is 0.248 e. The van der Waals surface area contributed by atoms with Gasteiger partial charge in [0.2, 0.25) is 29.6 Å². The molecule has 17 aromatic rings. The van der Waals surface area contributed by atoms with Crippen LogP contribution in [0.3, 0.4) is 0 Å². The second kappa shape index (κ2) is 45.8. The molecule has 5 aromatic carbocycles. The summed E-state index contributed by atoms with van der Waals surface area (Å²) >= 11 is 11.9. The number of anilines is 7. The maximum absolute atomic E-state index is 13.7. The van der Waals surface area contributed by atoms with Crippen LogP contribution in [0.4, 0.5) is 53.9 Å². The largest absolute Gasteiger partial charge is 0.367 e. The number of hydrogen-bond donors (Lipinski definition) is 5. The van der Waals surface area contributed by atoms with Crippen LogP contribution in [0.1, 0.15) is 121 Å². The lowest BCUT2D eigenvalue weighted by Crippen LogP contribution is -2.48. The van der Waals surface area contributed by atoms with Crippen LogP contribution in [-0.2, 0) is 60.9 Å². The number of ether oxygens (including phenoxy) is 3. The van der Waals surface area contributed by atoms with Crippen molar-refractivity contribution in [2.75, 3.05) is 84.4 Å². The first-order valence-corrected chi connectivity index (χ1v) is 48.2. The number of amides is 3. The normalized spacial score (nSPS) is 14.5. The Morgan fingerprint density at radius 1 is 0.395 bits per heavy atom. The molecular weight excluding hydrogens is 1920 g/mol. The standard InChI is InChI=1S/3C22H25FN6O2.C19H20ClN7.C19H16ClN7/c3*1-13-8-16(4-5-17(13)23)10-19-25-20(28-6-7-31-18(12-28)22(24)30)11-21(26-19)29-15(3)9-14(2)27-29;2*1-4-9-26-11-21-16-17(26)23-19(22-15-7-5-14(20)6-8-15)24-18(16)27-13(3)10-12(2)25-27/h3*4-5,8-9,11,18H,6-7,10,12H2,1-3H3,(H2,24,30);5-8,10-11H,4,9H2,1-3H3,(H,22,23,24);1,5-8,10-11H,9H2,2-3H3,(H,22,23,24)/t2*18-;;;/m10.../s1. The molecule has 0 bridgehead atoms. The molecule has 0 aliphatic carbocycles. The van der Waals surface area contributed by atoms with Crippen LogP contribution >= 0.6 is 23.2 Å². The number of nitrogens with zero attached hydrogens (tertiary/aromatic N) is 27. The maximum Gasteiger partial charge on any atom is 0.248 e. The first-order chi connectivity index (χ1) is 70.5. The van der Waals surface area contributed by atoms with Crippen LogP contribution in [0.5, 0.6) is 0 Å². The van der Waals surface area contributed by atoms with E-state index in [0.717, 1.165) is 109 Å². The van der Waals surface area contributed by atoms with Gasteiger partial charge in [0.25, 0.3) is 0 Å². The summed E-state index contributed by atoms with van der Waals surface area (Å²) in [4.78, 5) is 96.8. The summed E-state index contributed by atoms with van der Waals surface area (Å²) in [6.45, 7) is 31.9. The molecule has 0 spiro atoms. The van der Waals surface area contributed by atoms with Crippen LogP contribution in [-0.4, -0.2) is 213 Å². The van der Waals surface area contributed by atoms with Gasteiger partial charge in [-0.1, -0.05) is 72.4 Å². The Hall–Kier alpha value is -16.3. The molecule has 0 saturated carbocycles. The van der Waals surface area contributed by atoms with E-state index in [1.54, 1.807) is 98.9 Å². The van der Waals surface area contributed by atoms with Crippen molar-refractivity contribution < 1.29 is 41.8 Å². The number of nitrogens with one attached hydrogen (secondary N) is 2. The van der Waals surface area contributed by atoms with Crippen molar-refractivity contribution in [1.82, 2.24) is 118 Å². The number of carbonyl (C=O) groups excluding carboxylic acids is 3. The Bertz CT molecular complexity index is 7320. The fourth-order valence-corrected chi connectivity index (χ4v) is 17.3. The Balaban J connectivity index is 0.000000131. The SMILES string of the molecule is C#CCn1cnc2c(-n3nc(C)cc3C)nc(Nc3ccc(Cl)cc3)nc21.CCCn1cnc2c(-n3nc(C)cc3C)nc(Nc3ccc(Cl)cc3)nc21.Cc1cc(C)n(-c2cc(N3CCOC(C(N)=O)C3)nc(Cc3ccc(F)c(C)c3)n2)n1.Cc1cc(C)n(-c2cc(N3CCO[C@@H](C(N)=O)C3)nc(Cc3ccc(F)c(C)c3)n2)n1.Cc1cc(C)n(-c2cc(N3CCO[C@H](C(N)=O)C3)nc(Cc3ccc(F)c(C)c3)n2)n1. The van der Waals surface area contributed by atoms with E-state index in [4.69, 9.17) is 101 Å². The van der Waals surface area contributed by atoms with Gasteiger partial charge in [-0.3, -0.25) is 14.4 Å². The third kappa shape index (κ3) is 25.4. The molecule has 12 aromatic heterocycles. The van der Waals surface area contributed by atoms with Gasteiger partial charge < -0.3 is 65.9 Å². The number of terminal acetylenes is 1. The van der Waals surface area contributed by atoms with E-state index in [0.29, 0.717) is 199 Å². The van der Waals surface area contributed by atoms with Crippen molar-refractivity contribution in [3.8, 4) is 41.4 Å². The van der Waals surface area contributed by atoms with Crippen molar-refractivity contribution in [2.24, 2.45) is 17.2 Å². The lowest BCUT2D eigenvalue weighted by Gasteiger charge is -2.32. The zero-order valence-electron chi connectivity index (χ0n) is 83.7. The zero-order valence-corrected chi connectivity index (χ0v) is 85.2. The number of nitrogens with two attached hydrogens (primary N) is 3. The molecule has 3 atom stereocenters. The number of fused-ring (bicyclic) bond motifs is 2. The van der Waals surface area contributed by atoms with E-state index in [-0.39, 0.29) is 17.5 Å². The van der Waals surface area contributed by atoms with Gasteiger partial charge in [-0.15, -0.1) is 6.42 Å². The number of imidazole rings is 2. The third-order valence-electron chi connectivity index (χ3n) is 24.0. The average molecular weight is 2030 g/mol. The van der Waals surface area contributed by atoms with Crippen LogP contribution in [0.25, 0.3) is 51.4 Å². The first kappa shape index (κ1) is 104. The number of hydrogen-bond acceptors (Lipinski definition) is 28. The summed E-state index contributed by atoms with van der Waals surface area (Å²) in [5.41, 5.74) is 34.5. The second-order valence-electron chi connectivity index (χ2n) is 36.0. The molecule has 8 N–H and O–H groups in total. The molecule has 38 nitrogen and oxygen atoms in total. The minimum absolute atomic E-state index is 0.243. The second-order valence-corrected chi connectivity index (χ2v) is 36.8. The summed E-state index contributed by atoms with van der Waals surface area (Å²) in [5, 5.41) is 30.5. The number of aromatic nitrogens is 24. The lowest BCUT2D eigenvalue weighted by atomic mass is 10.1. The van der Waals surface area contributed by atoms with Gasteiger partial charge in [-0.25, -0.2) is 76.5 Å². The predicted molar refractivity (Wildman–Crippen MR) is 554 cm³/mol. The molecule has 1 unspecified atom stereocenters. The minimum atomic E-state index is -0.691. The molecule has 3 fully saturated rings. The molecule has 758 valence electrons. The average Bonchev–Trinajstić information content (AvgIpc) is 1.63. The topological polar surface area (TPSA) is 444 Å². The van der Waals surface area contributed by atoms with Gasteiger partial charge in [-0.05, 0) is 227 Å². The first-order valence-electron chi connectivity index (χ1n) is 47.5. The quantitative estimate of drug-likeness (QED) is 0.0351. The van der Waals surface area contributed by atoms with Crippen LogP contribution in [0.15, 0.2) is 164 Å². The van der Waals surface area contributed by atoms with Gasteiger partial charge in [0.1, 0.15) is 52.4 Å². The summed E-state index contributed by atoms with van der Waals surface area (Å²) in [6, 6.07) is 45.2. The Morgan fingerprint density at radius 3 is 0.980 bits per heavy atom. The Morgan fingerprint density at radius 2 is 0.694 bits per heavy atom. The van der Waals surface area contributed by atoms with E-state index in [2.05, 4.69) is 68.9 Å². The highest BCUT2D eigenvalue weighted by Crippen LogP contribution is 2.32. The number of morpholine rings is 3. The van der Waals surface area contributed by atoms with Crippen LogP contribution in [0.2, 0.25) is 10.0 Å². The van der Waals surface area contributed by atoms with Gasteiger partial charge in [-0.2, -0.15) is 45.4 Å². The third-order valence-corrected chi connectivity index (χ3v) is 24.5. The van der Waals surface area contributed by atoms with E-state index in [1.165, 1.54) is 18.2 Å². The Labute approximate surface area is 855 Å². The van der Waals surface area contributed by atoms with Crippen LogP contribution in [0, 0.1) is 120 Å². The van der Waals surface area contributed by atoms with Gasteiger partial charge in [0, 0.05) is 114 Å². The number of benzene rings is 5. The molecule has 0 radical (unpaired) electrons. The highest BCUT2D eigenvalue weighted by molar-refractivity contribution is 6.31. The minimum Gasteiger partial charge on any atom is -0.367 e. The molecular formula is C104H111Cl2F3N32O6. The highest BCUT2D eigenvalue weighted by atomic mass is 35.5. The van der Waals surface area contributed by atoms with Crippen molar-refractivity contribution in [3.63, 3.8) is 0 Å². The molecule has 3 saturated heterocycles. The van der Waals surface area contributed by atoms with Crippen LogP contribution < -0.4 is 42.5 Å². The van der Waals surface area contributed by atoms with Gasteiger partial charge >= 0.3 is 0 Å². The predicted octanol–water partition coefficient (Wildman–Crippen LogP) is 14.1. The molecule has 20 rings (SSSR count). The van der Waals surface area contributed by atoms with Gasteiger partial charge in [0.05, 0.1) is 87.1 Å². The summed E-state index contributed by atoms with van der Waals surface area (Å²) in [5.74, 6) is 8.19. The zero-order chi connectivity index (χ0) is 104.